The summed E-state index contributed by atoms with van der Waals surface area (Å²) in [5.74, 6) is 1.31. The number of nitrogens with one attached hydrogen (secondary N) is 1. The molecule has 136 valence electrons. The lowest BCUT2D eigenvalue weighted by Crippen LogP contribution is -2.12. The van der Waals surface area contributed by atoms with Gasteiger partial charge in [-0.1, -0.05) is 50.7 Å². The van der Waals surface area contributed by atoms with Gasteiger partial charge in [0.05, 0.1) is 6.61 Å². The molecule has 0 spiro atoms. The first-order chi connectivity index (χ1) is 12.1. The summed E-state index contributed by atoms with van der Waals surface area (Å²) in [6.07, 6.45) is 4.22. The van der Waals surface area contributed by atoms with Crippen LogP contribution in [0.25, 0.3) is 0 Å². The maximum absolute atomic E-state index is 11.9. The minimum atomic E-state index is -0.0445. The number of aromatic nitrogens is 2. The minimum Gasteiger partial charge on any atom is -0.494 e. The van der Waals surface area contributed by atoms with Crippen LogP contribution in [0.2, 0.25) is 0 Å². The topological polar surface area (TPSA) is 64.1 Å². The van der Waals surface area contributed by atoms with Crippen LogP contribution < -0.4 is 10.1 Å². The Bertz CT molecular complexity index is 653. The molecule has 1 N–H and O–H groups in total. The zero-order valence-electron chi connectivity index (χ0n) is 15.2. The second-order valence-electron chi connectivity index (χ2n) is 6.33. The highest BCUT2D eigenvalue weighted by molar-refractivity contribution is 7.15. The molecule has 1 heterocycles. The molecule has 2 rings (SSSR count). The van der Waals surface area contributed by atoms with Crippen molar-refractivity contribution >= 4 is 22.4 Å². The van der Waals surface area contributed by atoms with Gasteiger partial charge in [0, 0.05) is 12.8 Å². The van der Waals surface area contributed by atoms with Crippen LogP contribution in [0.5, 0.6) is 5.75 Å². The standard InChI is InChI=1S/C19H27N3O2S/c1-4-5-8-18-21-22-19(25-18)20-17(23)7-6-13-24-16-11-9-15(10-12-16)14(2)3/h9-12,14H,4-8,13H2,1-3H3,(H,20,22,23). The van der Waals surface area contributed by atoms with Crippen LogP contribution in [0.3, 0.4) is 0 Å². The predicted octanol–water partition coefficient (Wildman–Crippen LogP) is 4.80. The average molecular weight is 362 g/mol. The molecule has 0 saturated carbocycles. The molecule has 0 bridgehead atoms. The molecule has 0 saturated heterocycles. The quantitative estimate of drug-likeness (QED) is 0.617. The fourth-order valence-corrected chi connectivity index (χ4v) is 3.08. The molecule has 0 fully saturated rings. The number of hydrogen-bond donors (Lipinski definition) is 1. The average Bonchev–Trinajstić information content (AvgIpc) is 3.04. The number of carbonyl (C=O) groups is 1. The lowest BCUT2D eigenvalue weighted by Gasteiger charge is -2.08. The van der Waals surface area contributed by atoms with Crippen LogP contribution in [0, 0.1) is 0 Å². The Morgan fingerprint density at radius 1 is 1.20 bits per heavy atom. The predicted molar refractivity (Wildman–Crippen MR) is 102 cm³/mol. The Hall–Kier alpha value is -1.95. The van der Waals surface area contributed by atoms with E-state index in [4.69, 9.17) is 4.74 Å². The molecule has 0 radical (unpaired) electrons. The van der Waals surface area contributed by atoms with Gasteiger partial charge in [-0.25, -0.2) is 0 Å². The second kappa shape index (κ2) is 10.1. The summed E-state index contributed by atoms with van der Waals surface area (Å²) in [6, 6.07) is 8.12. The Kier molecular flexibility index (Phi) is 7.85. The van der Waals surface area contributed by atoms with Crippen molar-refractivity contribution in [1.82, 2.24) is 10.2 Å². The summed E-state index contributed by atoms with van der Waals surface area (Å²) in [7, 11) is 0. The number of benzene rings is 1. The minimum absolute atomic E-state index is 0.0445. The Balaban J connectivity index is 1.65. The van der Waals surface area contributed by atoms with Gasteiger partial charge in [0.25, 0.3) is 0 Å². The zero-order chi connectivity index (χ0) is 18.1. The number of amides is 1. The van der Waals surface area contributed by atoms with E-state index in [-0.39, 0.29) is 5.91 Å². The molecule has 0 unspecified atom stereocenters. The maximum atomic E-state index is 11.9. The highest BCUT2D eigenvalue weighted by Gasteiger charge is 2.08. The molecule has 6 heteroatoms. The largest absolute Gasteiger partial charge is 0.494 e. The fraction of sp³-hybridized carbons (Fsp3) is 0.526. The smallest absolute Gasteiger partial charge is 0.226 e. The van der Waals surface area contributed by atoms with E-state index in [0.29, 0.717) is 30.5 Å². The number of hydrogen-bond acceptors (Lipinski definition) is 5. The second-order valence-corrected chi connectivity index (χ2v) is 7.39. The van der Waals surface area contributed by atoms with Crippen molar-refractivity contribution in [3.05, 3.63) is 34.8 Å². The Labute approximate surface area is 153 Å². The first-order valence-corrected chi connectivity index (χ1v) is 9.75. The summed E-state index contributed by atoms with van der Waals surface area (Å²) < 4.78 is 5.68. The summed E-state index contributed by atoms with van der Waals surface area (Å²) in [5, 5.41) is 12.5. The molecule has 2 aromatic rings. The summed E-state index contributed by atoms with van der Waals surface area (Å²) >= 11 is 1.46. The van der Waals surface area contributed by atoms with E-state index in [1.165, 1.54) is 16.9 Å². The third-order valence-corrected chi connectivity index (χ3v) is 4.72. The Morgan fingerprint density at radius 3 is 2.64 bits per heavy atom. The first-order valence-electron chi connectivity index (χ1n) is 8.93. The molecule has 1 aromatic carbocycles. The van der Waals surface area contributed by atoms with Crippen LogP contribution in [0.15, 0.2) is 24.3 Å². The number of anilines is 1. The summed E-state index contributed by atoms with van der Waals surface area (Å²) in [6.45, 7) is 7.00. The van der Waals surface area contributed by atoms with Gasteiger partial charge in [-0.05, 0) is 36.5 Å². The highest BCUT2D eigenvalue weighted by Crippen LogP contribution is 2.19. The number of nitrogens with zero attached hydrogens (tertiary/aromatic N) is 2. The number of aryl methyl sites for hydroxylation is 1. The number of unbranched alkanes of at least 4 members (excludes halogenated alkanes) is 1. The molecular formula is C19H27N3O2S. The van der Waals surface area contributed by atoms with Gasteiger partial charge in [-0.15, -0.1) is 10.2 Å². The van der Waals surface area contributed by atoms with Gasteiger partial charge in [0.2, 0.25) is 11.0 Å². The van der Waals surface area contributed by atoms with Crippen molar-refractivity contribution in [3.8, 4) is 5.75 Å². The van der Waals surface area contributed by atoms with Crippen molar-refractivity contribution < 1.29 is 9.53 Å². The van der Waals surface area contributed by atoms with Crippen molar-refractivity contribution in [1.29, 1.82) is 0 Å². The molecule has 5 nitrogen and oxygen atoms in total. The van der Waals surface area contributed by atoms with E-state index in [1.807, 2.05) is 12.1 Å². The molecule has 0 aliphatic carbocycles. The lowest BCUT2D eigenvalue weighted by atomic mass is 10.0. The van der Waals surface area contributed by atoms with Crippen LogP contribution in [0.4, 0.5) is 5.13 Å². The van der Waals surface area contributed by atoms with Crippen molar-refractivity contribution in [2.45, 2.75) is 58.8 Å². The van der Waals surface area contributed by atoms with E-state index in [0.717, 1.165) is 30.0 Å². The Morgan fingerprint density at radius 2 is 1.96 bits per heavy atom. The van der Waals surface area contributed by atoms with Crippen molar-refractivity contribution in [2.75, 3.05) is 11.9 Å². The molecule has 0 atom stereocenters. The van der Waals surface area contributed by atoms with Crippen molar-refractivity contribution in [3.63, 3.8) is 0 Å². The van der Waals surface area contributed by atoms with Gasteiger partial charge < -0.3 is 10.1 Å². The normalized spacial score (nSPS) is 10.9. The van der Waals surface area contributed by atoms with Crippen LogP contribution in [-0.2, 0) is 11.2 Å². The monoisotopic (exact) mass is 361 g/mol. The van der Waals surface area contributed by atoms with E-state index in [9.17, 15) is 4.79 Å². The lowest BCUT2D eigenvalue weighted by molar-refractivity contribution is -0.116. The SMILES string of the molecule is CCCCc1nnc(NC(=O)CCCOc2ccc(C(C)C)cc2)s1. The van der Waals surface area contributed by atoms with E-state index in [1.54, 1.807) is 0 Å². The number of carbonyl (C=O) groups excluding carboxylic acids is 1. The van der Waals surface area contributed by atoms with E-state index in [2.05, 4.69) is 48.4 Å². The van der Waals surface area contributed by atoms with Gasteiger partial charge in [0.15, 0.2) is 0 Å². The summed E-state index contributed by atoms with van der Waals surface area (Å²) in [5.41, 5.74) is 1.29. The van der Waals surface area contributed by atoms with Gasteiger partial charge in [-0.2, -0.15) is 0 Å². The van der Waals surface area contributed by atoms with Crippen LogP contribution >= 0.6 is 11.3 Å². The van der Waals surface area contributed by atoms with Gasteiger partial charge in [0.1, 0.15) is 10.8 Å². The third kappa shape index (κ3) is 6.82. The zero-order valence-corrected chi connectivity index (χ0v) is 16.1. The molecule has 1 aromatic heterocycles. The van der Waals surface area contributed by atoms with Crippen LogP contribution in [-0.4, -0.2) is 22.7 Å². The summed E-state index contributed by atoms with van der Waals surface area (Å²) in [4.78, 5) is 11.9. The third-order valence-electron chi connectivity index (χ3n) is 3.82. The van der Waals surface area contributed by atoms with Gasteiger partial charge >= 0.3 is 0 Å². The van der Waals surface area contributed by atoms with Crippen LogP contribution in [0.1, 0.15) is 62.9 Å². The maximum Gasteiger partial charge on any atom is 0.226 e. The van der Waals surface area contributed by atoms with Gasteiger partial charge in [-0.3, -0.25) is 4.79 Å². The number of rotatable bonds is 10. The molecule has 0 aliphatic rings. The van der Waals surface area contributed by atoms with E-state index < -0.39 is 0 Å². The van der Waals surface area contributed by atoms with Crippen molar-refractivity contribution in [2.24, 2.45) is 0 Å². The molecular weight excluding hydrogens is 334 g/mol. The first kappa shape index (κ1) is 19.4. The molecule has 1 amide bonds. The van der Waals surface area contributed by atoms with E-state index >= 15 is 0 Å². The molecule has 0 aliphatic heterocycles. The number of ether oxygens (including phenoxy) is 1. The fourth-order valence-electron chi connectivity index (χ4n) is 2.29. The highest BCUT2D eigenvalue weighted by atomic mass is 32.1. The molecule has 25 heavy (non-hydrogen) atoms.